The van der Waals surface area contributed by atoms with Crippen LogP contribution in [0.5, 0.6) is 0 Å². The molecule has 0 aliphatic heterocycles. The van der Waals surface area contributed by atoms with Crippen molar-refractivity contribution in [1.82, 2.24) is 55.6 Å². The predicted octanol–water partition coefficient (Wildman–Crippen LogP) is 11.1. The zero-order valence-electron chi connectivity index (χ0n) is 36.1. The molecular weight excluding hydrogens is 809 g/mol. The summed E-state index contributed by atoms with van der Waals surface area (Å²) in [4.78, 5) is 37.7. The van der Waals surface area contributed by atoms with Crippen molar-refractivity contribution in [2.75, 3.05) is 11.9 Å². The fraction of sp³-hybridized carbons (Fsp3) is 0.250. The lowest BCUT2D eigenvalue weighted by atomic mass is 9.88. The Bertz CT molecular complexity index is 3210. The molecule has 6 heterocycles. The van der Waals surface area contributed by atoms with Crippen LogP contribution in [0.2, 0.25) is 0 Å². The van der Waals surface area contributed by atoms with Crippen LogP contribution in [0.3, 0.4) is 0 Å². The van der Waals surface area contributed by atoms with E-state index >= 15 is 0 Å². The lowest BCUT2D eigenvalue weighted by Gasteiger charge is -2.20. The molecule has 0 bridgehead atoms. The van der Waals surface area contributed by atoms with Crippen LogP contribution in [-0.4, -0.2) is 62.8 Å². The number of H-pyrrole nitrogens is 4. The Morgan fingerprint density at radius 1 is 0.569 bits per heavy atom. The van der Waals surface area contributed by atoms with Crippen LogP contribution in [0.15, 0.2) is 122 Å². The highest BCUT2D eigenvalue weighted by atomic mass is 16.1. The third-order valence-corrected chi connectivity index (χ3v) is 13.0. The fourth-order valence-electron chi connectivity index (χ4n) is 9.53. The van der Waals surface area contributed by atoms with Gasteiger partial charge < -0.3 is 20.6 Å². The second-order valence-corrected chi connectivity index (χ2v) is 17.5. The zero-order valence-corrected chi connectivity index (χ0v) is 36.1. The normalized spacial score (nSPS) is 14.6. The Balaban J connectivity index is 0.000000144. The highest BCUT2D eigenvalue weighted by Gasteiger charge is 2.22. The number of nitrogens with one attached hydrogen (secondary N) is 6. The third kappa shape index (κ3) is 8.62. The van der Waals surface area contributed by atoms with Gasteiger partial charge in [-0.05, 0) is 115 Å². The molecule has 13 nitrogen and oxygen atoms in total. The molecule has 2 aliphatic rings. The number of fused-ring (bicyclic) bond motifs is 4. The van der Waals surface area contributed by atoms with Crippen LogP contribution in [0.1, 0.15) is 63.4 Å². The molecule has 0 spiro atoms. The van der Waals surface area contributed by atoms with Gasteiger partial charge in [0.05, 0.1) is 45.0 Å². The van der Waals surface area contributed by atoms with E-state index in [9.17, 15) is 4.79 Å². The number of amides is 1. The number of nitrogens with zero attached hydrogens (tertiary/aromatic N) is 6. The lowest BCUT2D eigenvalue weighted by Crippen LogP contribution is -2.24. The monoisotopic (exact) mass is 858 g/mol. The molecule has 6 aromatic heterocycles. The molecule has 0 saturated heterocycles. The summed E-state index contributed by atoms with van der Waals surface area (Å²) >= 11 is 0. The number of carbonyl (C=O) groups is 1. The summed E-state index contributed by atoms with van der Waals surface area (Å²) in [7, 11) is 0. The van der Waals surface area contributed by atoms with Crippen LogP contribution in [0, 0.1) is 11.8 Å². The zero-order chi connectivity index (χ0) is 43.5. The second kappa shape index (κ2) is 17.9. The number of aromatic nitrogens is 10. The van der Waals surface area contributed by atoms with Crippen molar-refractivity contribution in [3.05, 3.63) is 127 Å². The van der Waals surface area contributed by atoms with E-state index in [-0.39, 0.29) is 11.8 Å². The van der Waals surface area contributed by atoms with Gasteiger partial charge in [0.1, 0.15) is 11.4 Å². The van der Waals surface area contributed by atoms with Crippen molar-refractivity contribution in [2.24, 2.45) is 11.8 Å². The fourth-order valence-corrected chi connectivity index (χ4v) is 9.53. The number of imidazole rings is 2. The number of hydrogen-bond donors (Lipinski definition) is 6. The van der Waals surface area contributed by atoms with Gasteiger partial charge in [0.15, 0.2) is 11.6 Å². The van der Waals surface area contributed by atoms with E-state index in [1.165, 1.54) is 37.7 Å². The number of pyridine rings is 2. The molecule has 2 aliphatic carbocycles. The predicted molar refractivity (Wildman–Crippen MR) is 258 cm³/mol. The molecule has 0 unspecified atom stereocenters. The Labute approximate surface area is 375 Å². The van der Waals surface area contributed by atoms with E-state index in [4.69, 9.17) is 9.97 Å². The molecular formula is C52H50N12O. The topological polar surface area (TPSA) is 182 Å². The number of aromatic amines is 4. The minimum Gasteiger partial charge on any atom is -0.337 e. The maximum atomic E-state index is 12.7. The molecule has 2 saturated carbocycles. The summed E-state index contributed by atoms with van der Waals surface area (Å²) in [5.74, 6) is 2.55. The number of carbonyl (C=O) groups excluding carboxylic acids is 1. The molecule has 4 aromatic carbocycles. The van der Waals surface area contributed by atoms with Crippen LogP contribution in [0.4, 0.5) is 5.69 Å². The molecule has 10 aromatic rings. The first-order valence-electron chi connectivity index (χ1n) is 22.9. The number of anilines is 1. The van der Waals surface area contributed by atoms with Crippen molar-refractivity contribution in [3.63, 3.8) is 0 Å². The van der Waals surface area contributed by atoms with Gasteiger partial charge in [-0.3, -0.25) is 25.0 Å². The summed E-state index contributed by atoms with van der Waals surface area (Å²) < 4.78 is 0. The van der Waals surface area contributed by atoms with Crippen LogP contribution >= 0.6 is 0 Å². The largest absolute Gasteiger partial charge is 0.337 e. The summed E-state index contributed by atoms with van der Waals surface area (Å²) in [5, 5.41) is 24.0. The van der Waals surface area contributed by atoms with Crippen LogP contribution in [-0.2, 0) is 11.3 Å². The first-order chi connectivity index (χ1) is 32.1. The van der Waals surface area contributed by atoms with E-state index in [0.717, 1.165) is 140 Å². The molecule has 13 heteroatoms. The minimum atomic E-state index is 0.103. The van der Waals surface area contributed by atoms with Gasteiger partial charge in [0.2, 0.25) is 5.91 Å². The average molecular weight is 859 g/mol. The van der Waals surface area contributed by atoms with E-state index in [2.05, 4.69) is 81.3 Å². The van der Waals surface area contributed by atoms with Crippen molar-refractivity contribution < 1.29 is 4.79 Å². The lowest BCUT2D eigenvalue weighted by molar-refractivity contribution is -0.120. The van der Waals surface area contributed by atoms with E-state index < -0.39 is 0 Å². The third-order valence-electron chi connectivity index (χ3n) is 13.0. The summed E-state index contributed by atoms with van der Waals surface area (Å²) in [6, 6.07) is 32.7. The summed E-state index contributed by atoms with van der Waals surface area (Å²) in [5.41, 5.74) is 13.5. The highest BCUT2D eigenvalue weighted by Crippen LogP contribution is 2.33. The molecule has 1 amide bonds. The SMILES string of the molecule is O=C(Nc1cncc(-c2ccc3[nH]nc(-c4nc5ccccc5[nH]4)c3c2)c1)C1CCCCC1.c1ccc2[nH]c(-c3n[nH]c4ccc(-c5cncc(CNCC6CCCC6)c5)cc34)nc2c1. The number of rotatable bonds is 10. The molecule has 0 radical (unpaired) electrons. The Morgan fingerprint density at radius 3 is 1.75 bits per heavy atom. The number of para-hydroxylation sites is 4. The van der Waals surface area contributed by atoms with E-state index in [1.54, 1.807) is 6.20 Å². The van der Waals surface area contributed by atoms with Gasteiger partial charge in [-0.2, -0.15) is 10.2 Å². The standard InChI is InChI=1S/C26H24N6O.C26H26N6/c33-26(16-6-2-1-3-7-16)28-19-12-18(14-27-15-19)17-10-11-21-20(13-17)24(32-31-21)25-29-22-8-4-5-9-23(22)30-25;1-2-6-17(5-1)13-27-14-18-11-20(16-28-15-18)19-9-10-22-21(12-19)25(32-31-22)26-29-23-7-3-4-8-24(23)30-26/h4-5,8-16H,1-3,6-7H2,(H,28,33)(H,29,30)(H,31,32);3-4,7-12,15-17,27H,1-2,5-6,13-14H2,(H,29,30)(H,31,32). The van der Waals surface area contributed by atoms with Gasteiger partial charge in [0.25, 0.3) is 0 Å². The van der Waals surface area contributed by atoms with E-state index in [0.29, 0.717) is 0 Å². The highest BCUT2D eigenvalue weighted by molar-refractivity contribution is 5.98. The van der Waals surface area contributed by atoms with Crippen LogP contribution in [0.25, 0.3) is 89.2 Å². The molecule has 65 heavy (non-hydrogen) atoms. The Kier molecular flexibility index (Phi) is 11.1. The smallest absolute Gasteiger partial charge is 0.227 e. The quantitative estimate of drug-likeness (QED) is 0.0785. The molecule has 12 rings (SSSR count). The van der Waals surface area contributed by atoms with Crippen molar-refractivity contribution >= 4 is 55.5 Å². The van der Waals surface area contributed by atoms with Gasteiger partial charge >= 0.3 is 0 Å². The Hall–Kier alpha value is -7.51. The second-order valence-electron chi connectivity index (χ2n) is 17.5. The number of benzene rings is 4. The Morgan fingerprint density at radius 2 is 1.14 bits per heavy atom. The number of hydrogen-bond acceptors (Lipinski definition) is 8. The van der Waals surface area contributed by atoms with E-state index in [1.807, 2.05) is 85.3 Å². The van der Waals surface area contributed by atoms with Gasteiger partial charge in [-0.15, -0.1) is 0 Å². The van der Waals surface area contributed by atoms with Gasteiger partial charge in [-0.25, -0.2) is 9.97 Å². The van der Waals surface area contributed by atoms with Crippen molar-refractivity contribution in [2.45, 2.75) is 64.3 Å². The maximum absolute atomic E-state index is 12.7. The molecule has 6 N–H and O–H groups in total. The molecule has 2 fully saturated rings. The molecule has 324 valence electrons. The minimum absolute atomic E-state index is 0.103. The summed E-state index contributed by atoms with van der Waals surface area (Å²) in [6.45, 7) is 1.96. The first kappa shape index (κ1) is 40.3. The summed E-state index contributed by atoms with van der Waals surface area (Å²) in [6.07, 6.45) is 18.4. The maximum Gasteiger partial charge on any atom is 0.227 e. The van der Waals surface area contributed by atoms with Crippen LogP contribution < -0.4 is 10.6 Å². The molecule has 0 atom stereocenters. The van der Waals surface area contributed by atoms with Gasteiger partial charge in [0, 0.05) is 53.0 Å². The first-order valence-corrected chi connectivity index (χ1v) is 22.9. The van der Waals surface area contributed by atoms with Crippen molar-refractivity contribution in [3.8, 4) is 45.3 Å². The van der Waals surface area contributed by atoms with Gasteiger partial charge in [-0.1, -0.05) is 68.5 Å². The van der Waals surface area contributed by atoms with Crippen molar-refractivity contribution in [1.29, 1.82) is 0 Å². The average Bonchev–Trinajstić information content (AvgIpc) is 4.22.